The molecule has 222 valence electrons. The summed E-state index contributed by atoms with van der Waals surface area (Å²) in [6.45, 7) is 5.87. The van der Waals surface area contributed by atoms with Crippen LogP contribution in [0.3, 0.4) is 0 Å². The smallest absolute Gasteiger partial charge is 0.338 e. The van der Waals surface area contributed by atoms with Crippen molar-refractivity contribution >= 4 is 58.2 Å². The van der Waals surface area contributed by atoms with Crippen LogP contribution >= 0.6 is 46.1 Å². The fraction of sp³-hybridized carbons (Fsp3) is 0.219. The molecule has 43 heavy (non-hydrogen) atoms. The van der Waals surface area contributed by atoms with Crippen molar-refractivity contribution in [1.29, 1.82) is 0 Å². The summed E-state index contributed by atoms with van der Waals surface area (Å²) in [4.78, 5) is 32.1. The fourth-order valence-electron chi connectivity index (χ4n) is 4.76. The molecule has 4 aromatic rings. The fourth-order valence-corrected chi connectivity index (χ4v) is 6.40. The van der Waals surface area contributed by atoms with Crippen LogP contribution < -0.4 is 24.4 Å². The molecule has 0 bridgehead atoms. The number of thiazole rings is 1. The van der Waals surface area contributed by atoms with Crippen molar-refractivity contribution in [2.75, 3.05) is 13.7 Å². The van der Waals surface area contributed by atoms with Crippen LogP contribution in [0.1, 0.15) is 42.1 Å². The van der Waals surface area contributed by atoms with E-state index >= 15 is 0 Å². The lowest BCUT2D eigenvalue weighted by Crippen LogP contribution is -2.39. The Bertz CT molecular complexity index is 1930. The number of methoxy groups -OCH3 is 1. The van der Waals surface area contributed by atoms with Crippen LogP contribution in [-0.4, -0.2) is 24.3 Å². The van der Waals surface area contributed by atoms with Gasteiger partial charge in [-0.15, -0.1) is 0 Å². The number of fused-ring (bicyclic) bond motifs is 1. The molecule has 0 radical (unpaired) electrons. The molecule has 2 heterocycles. The molecule has 5 rings (SSSR count). The highest BCUT2D eigenvalue weighted by Crippen LogP contribution is 2.37. The van der Waals surface area contributed by atoms with Gasteiger partial charge in [0.1, 0.15) is 6.61 Å². The Labute approximate surface area is 267 Å². The van der Waals surface area contributed by atoms with Crippen LogP contribution in [0, 0.1) is 6.92 Å². The molecule has 0 N–H and O–H groups in total. The maximum atomic E-state index is 13.9. The lowest BCUT2D eigenvalue weighted by Gasteiger charge is -2.24. The van der Waals surface area contributed by atoms with Crippen LogP contribution in [0.25, 0.3) is 6.08 Å². The average molecular weight is 658 g/mol. The van der Waals surface area contributed by atoms with Crippen molar-refractivity contribution in [1.82, 2.24) is 4.57 Å². The van der Waals surface area contributed by atoms with Gasteiger partial charge in [-0.1, -0.05) is 82.0 Å². The quantitative estimate of drug-likeness (QED) is 0.198. The molecule has 0 saturated heterocycles. The van der Waals surface area contributed by atoms with E-state index in [-0.39, 0.29) is 18.8 Å². The summed E-state index contributed by atoms with van der Waals surface area (Å²) in [5.74, 6) is 0.240. The number of aromatic nitrogens is 1. The number of allylic oxidation sites excluding steroid dienone is 1. The van der Waals surface area contributed by atoms with Crippen molar-refractivity contribution < 1.29 is 19.0 Å². The van der Waals surface area contributed by atoms with E-state index in [4.69, 9.17) is 49.0 Å². The summed E-state index contributed by atoms with van der Waals surface area (Å²) in [6.07, 6.45) is 1.72. The van der Waals surface area contributed by atoms with E-state index in [0.29, 0.717) is 52.7 Å². The summed E-state index contributed by atoms with van der Waals surface area (Å²) in [7, 11) is 1.51. The Balaban J connectivity index is 1.56. The zero-order valence-electron chi connectivity index (χ0n) is 23.7. The summed E-state index contributed by atoms with van der Waals surface area (Å²) in [5.41, 5.74) is 3.82. The highest BCUT2D eigenvalue weighted by Gasteiger charge is 2.33. The normalized spacial score (nSPS) is 14.8. The van der Waals surface area contributed by atoms with Gasteiger partial charge in [-0.2, -0.15) is 0 Å². The highest BCUT2D eigenvalue weighted by atomic mass is 35.5. The minimum absolute atomic E-state index is 0.187. The molecule has 1 aromatic heterocycles. The predicted molar refractivity (Wildman–Crippen MR) is 170 cm³/mol. The second-order valence-electron chi connectivity index (χ2n) is 9.78. The van der Waals surface area contributed by atoms with Gasteiger partial charge < -0.3 is 14.2 Å². The zero-order chi connectivity index (χ0) is 30.8. The predicted octanol–water partition coefficient (Wildman–Crippen LogP) is 6.65. The maximum Gasteiger partial charge on any atom is 0.338 e. The summed E-state index contributed by atoms with van der Waals surface area (Å²) >= 11 is 20.0. The van der Waals surface area contributed by atoms with E-state index in [2.05, 4.69) is 4.99 Å². The first-order valence-corrected chi connectivity index (χ1v) is 15.3. The van der Waals surface area contributed by atoms with Crippen molar-refractivity contribution in [2.45, 2.75) is 33.4 Å². The number of carbonyl (C=O) groups is 1. The summed E-state index contributed by atoms with van der Waals surface area (Å²) in [6, 6.07) is 15.7. The Morgan fingerprint density at radius 3 is 2.44 bits per heavy atom. The minimum atomic E-state index is -0.687. The van der Waals surface area contributed by atoms with Gasteiger partial charge in [0.25, 0.3) is 5.56 Å². The van der Waals surface area contributed by atoms with Crippen molar-refractivity contribution in [3.8, 4) is 11.5 Å². The first-order valence-electron chi connectivity index (χ1n) is 13.3. The van der Waals surface area contributed by atoms with E-state index in [1.165, 1.54) is 18.4 Å². The van der Waals surface area contributed by atoms with Crippen LogP contribution in [-0.2, 0) is 16.1 Å². The molecule has 0 fully saturated rings. The molecule has 0 unspecified atom stereocenters. The molecule has 0 amide bonds. The van der Waals surface area contributed by atoms with E-state index in [1.54, 1.807) is 48.8 Å². The Morgan fingerprint density at radius 1 is 1.02 bits per heavy atom. The monoisotopic (exact) mass is 656 g/mol. The second kappa shape index (κ2) is 13.0. The third-order valence-corrected chi connectivity index (χ3v) is 8.83. The van der Waals surface area contributed by atoms with Crippen molar-refractivity contribution in [3.63, 3.8) is 0 Å². The minimum Gasteiger partial charge on any atom is -0.493 e. The largest absolute Gasteiger partial charge is 0.493 e. The first kappa shape index (κ1) is 30.9. The number of benzene rings is 3. The number of esters is 1. The van der Waals surface area contributed by atoms with Crippen molar-refractivity contribution in [2.24, 2.45) is 4.99 Å². The van der Waals surface area contributed by atoms with Gasteiger partial charge in [0.15, 0.2) is 16.3 Å². The summed E-state index contributed by atoms with van der Waals surface area (Å²) in [5, 5.41) is 1.18. The molecular formula is C32H27Cl3N2O5S. The number of aryl methyl sites for hydroxylation is 1. The number of rotatable bonds is 8. The molecule has 7 nitrogen and oxygen atoms in total. The first-order chi connectivity index (χ1) is 20.6. The van der Waals surface area contributed by atoms with Gasteiger partial charge in [0.2, 0.25) is 0 Å². The van der Waals surface area contributed by atoms with E-state index in [9.17, 15) is 9.59 Å². The van der Waals surface area contributed by atoms with Crippen LogP contribution in [0.4, 0.5) is 0 Å². The molecule has 0 spiro atoms. The summed E-state index contributed by atoms with van der Waals surface area (Å²) < 4.78 is 18.9. The maximum absolute atomic E-state index is 13.9. The molecule has 0 aliphatic carbocycles. The van der Waals surface area contributed by atoms with E-state index < -0.39 is 12.0 Å². The second-order valence-corrected chi connectivity index (χ2v) is 12.0. The van der Waals surface area contributed by atoms with Crippen molar-refractivity contribution in [3.05, 3.63) is 123 Å². The number of carbonyl (C=O) groups excluding carboxylic acids is 1. The van der Waals surface area contributed by atoms with Crippen LogP contribution in [0.15, 0.2) is 75.7 Å². The Kier molecular flexibility index (Phi) is 9.32. The number of ether oxygens (including phenoxy) is 3. The van der Waals surface area contributed by atoms with Gasteiger partial charge >= 0.3 is 5.97 Å². The topological polar surface area (TPSA) is 79.1 Å². The van der Waals surface area contributed by atoms with Gasteiger partial charge in [0.05, 0.1) is 50.6 Å². The van der Waals surface area contributed by atoms with Gasteiger partial charge in [-0.3, -0.25) is 9.36 Å². The number of nitrogens with zero attached hydrogens (tertiary/aromatic N) is 2. The molecule has 1 aliphatic heterocycles. The van der Waals surface area contributed by atoms with Crippen LogP contribution in [0.2, 0.25) is 15.1 Å². The van der Waals surface area contributed by atoms with Crippen LogP contribution in [0.5, 0.6) is 11.5 Å². The molecular weight excluding hydrogens is 631 g/mol. The van der Waals surface area contributed by atoms with Gasteiger partial charge in [-0.25, -0.2) is 9.79 Å². The van der Waals surface area contributed by atoms with Gasteiger partial charge in [-0.05, 0) is 67.8 Å². The molecule has 1 aliphatic rings. The highest BCUT2D eigenvalue weighted by molar-refractivity contribution is 7.07. The van der Waals surface area contributed by atoms with Gasteiger partial charge in [0, 0.05) is 0 Å². The number of hydrogen-bond donors (Lipinski definition) is 0. The third-order valence-electron chi connectivity index (χ3n) is 6.83. The number of halogens is 3. The lowest BCUT2D eigenvalue weighted by molar-refractivity contribution is -0.139. The average Bonchev–Trinajstić information content (AvgIpc) is 3.27. The molecule has 0 saturated carbocycles. The standard InChI is InChI=1S/C32H27Cl3N2O5S/c1-5-41-31(39)27-18(3)36-32-37(28(27)21-9-6-17(2)7-10-21)30(38)26(43-32)15-20-13-24(35)29(25(14-20)40-4)42-16-19-8-11-22(33)23(34)12-19/h6-15,28H,5,16H2,1-4H3/b26-15+/t28-/m1/s1. The molecule has 3 aromatic carbocycles. The Hall–Kier alpha value is -3.56. The lowest BCUT2D eigenvalue weighted by atomic mass is 9.95. The SMILES string of the molecule is CCOC(=O)C1=C(C)N=c2s/c(=C/c3cc(Cl)c(OCc4ccc(Cl)c(Cl)c4)c(OC)c3)c(=O)n2[C@@H]1c1ccc(C)cc1. The number of hydrogen-bond acceptors (Lipinski definition) is 7. The zero-order valence-corrected chi connectivity index (χ0v) is 26.8. The molecule has 11 heteroatoms. The Morgan fingerprint density at radius 2 is 1.77 bits per heavy atom. The van der Waals surface area contributed by atoms with E-state index in [1.807, 2.05) is 37.3 Å². The molecule has 1 atom stereocenters. The third kappa shape index (κ3) is 6.38. The van der Waals surface area contributed by atoms with E-state index in [0.717, 1.165) is 16.7 Å².